The van der Waals surface area contributed by atoms with Crippen molar-refractivity contribution < 1.29 is 13.5 Å². The summed E-state index contributed by atoms with van der Waals surface area (Å²) in [6.07, 6.45) is 0. The highest BCUT2D eigenvalue weighted by atomic mass is 79.9. The number of benzene rings is 2. The fraction of sp³-hybridized carbons (Fsp3) is 0.200. The third kappa shape index (κ3) is 3.77. The van der Waals surface area contributed by atoms with E-state index in [1.165, 1.54) is 12.1 Å². The SMILES string of the molecule is CNCc1cc(F)c(OCc2ccc(Br)cc2)c(F)c1. The Balaban J connectivity index is 2.11. The maximum absolute atomic E-state index is 13.8. The van der Waals surface area contributed by atoms with Gasteiger partial charge in [-0.3, -0.25) is 0 Å². The summed E-state index contributed by atoms with van der Waals surface area (Å²) in [7, 11) is 1.72. The molecule has 0 unspecified atom stereocenters. The molecule has 0 radical (unpaired) electrons. The van der Waals surface area contributed by atoms with Gasteiger partial charge in [-0.2, -0.15) is 0 Å². The number of hydrogen-bond donors (Lipinski definition) is 1. The molecule has 0 heterocycles. The van der Waals surface area contributed by atoms with Gasteiger partial charge in [0.05, 0.1) is 0 Å². The summed E-state index contributed by atoms with van der Waals surface area (Å²) >= 11 is 3.32. The molecule has 0 aliphatic rings. The van der Waals surface area contributed by atoms with Crippen molar-refractivity contribution in [3.63, 3.8) is 0 Å². The van der Waals surface area contributed by atoms with Gasteiger partial charge in [0.25, 0.3) is 0 Å². The van der Waals surface area contributed by atoms with Crippen LogP contribution in [0.15, 0.2) is 40.9 Å². The molecule has 1 N–H and O–H groups in total. The first-order valence-corrected chi connectivity index (χ1v) is 6.89. The van der Waals surface area contributed by atoms with Crippen LogP contribution in [0.3, 0.4) is 0 Å². The van der Waals surface area contributed by atoms with Crippen LogP contribution >= 0.6 is 15.9 Å². The van der Waals surface area contributed by atoms with Gasteiger partial charge in [-0.05, 0) is 42.4 Å². The summed E-state index contributed by atoms with van der Waals surface area (Å²) in [5.41, 5.74) is 1.38. The Labute approximate surface area is 124 Å². The lowest BCUT2D eigenvalue weighted by atomic mass is 10.2. The summed E-state index contributed by atoms with van der Waals surface area (Å²) in [6.45, 7) is 0.521. The van der Waals surface area contributed by atoms with Gasteiger partial charge in [0, 0.05) is 11.0 Å². The van der Waals surface area contributed by atoms with Gasteiger partial charge in [-0.15, -0.1) is 0 Å². The van der Waals surface area contributed by atoms with Crippen molar-refractivity contribution in [1.29, 1.82) is 0 Å². The fourth-order valence-electron chi connectivity index (χ4n) is 1.79. The van der Waals surface area contributed by atoms with E-state index in [0.717, 1.165) is 10.0 Å². The van der Waals surface area contributed by atoms with Crippen LogP contribution in [-0.2, 0) is 13.2 Å². The Bertz CT molecular complexity index is 564. The van der Waals surface area contributed by atoms with E-state index in [1.54, 1.807) is 7.05 Å². The molecule has 0 fully saturated rings. The van der Waals surface area contributed by atoms with Gasteiger partial charge in [0.15, 0.2) is 17.4 Å². The first-order valence-electron chi connectivity index (χ1n) is 6.10. The zero-order chi connectivity index (χ0) is 14.5. The third-order valence-corrected chi connectivity index (χ3v) is 3.26. The second-order valence-corrected chi connectivity index (χ2v) is 5.25. The minimum absolute atomic E-state index is 0.118. The molecule has 2 aromatic rings. The quantitative estimate of drug-likeness (QED) is 0.886. The second kappa shape index (κ2) is 6.81. The molecule has 0 amide bonds. The molecule has 0 saturated carbocycles. The van der Waals surface area contributed by atoms with Crippen LogP contribution < -0.4 is 10.1 Å². The van der Waals surface area contributed by atoms with Crippen molar-refractivity contribution in [2.45, 2.75) is 13.2 Å². The zero-order valence-electron chi connectivity index (χ0n) is 10.9. The lowest BCUT2D eigenvalue weighted by Gasteiger charge is -2.10. The minimum atomic E-state index is -0.688. The van der Waals surface area contributed by atoms with Gasteiger partial charge in [0.1, 0.15) is 6.61 Å². The van der Waals surface area contributed by atoms with Gasteiger partial charge < -0.3 is 10.1 Å². The van der Waals surface area contributed by atoms with Crippen molar-refractivity contribution in [1.82, 2.24) is 5.32 Å². The monoisotopic (exact) mass is 341 g/mol. The van der Waals surface area contributed by atoms with E-state index in [4.69, 9.17) is 4.74 Å². The molecule has 106 valence electrons. The molecule has 0 bridgehead atoms. The summed E-state index contributed by atoms with van der Waals surface area (Å²) < 4.78 is 33.8. The molecule has 2 aromatic carbocycles. The predicted octanol–water partition coefficient (Wildman–Crippen LogP) is 4.03. The Morgan fingerprint density at radius 1 is 1.05 bits per heavy atom. The summed E-state index contributed by atoms with van der Waals surface area (Å²) in [4.78, 5) is 0. The van der Waals surface area contributed by atoms with E-state index in [-0.39, 0.29) is 12.4 Å². The Morgan fingerprint density at radius 2 is 1.65 bits per heavy atom. The lowest BCUT2D eigenvalue weighted by molar-refractivity contribution is 0.273. The maximum Gasteiger partial charge on any atom is 0.191 e. The van der Waals surface area contributed by atoms with E-state index in [2.05, 4.69) is 21.2 Å². The normalized spacial score (nSPS) is 10.6. The Kier molecular flexibility index (Phi) is 5.09. The number of ether oxygens (including phenoxy) is 1. The summed E-state index contributed by atoms with van der Waals surface area (Å²) in [6, 6.07) is 9.90. The van der Waals surface area contributed by atoms with Crippen LogP contribution in [0.2, 0.25) is 0 Å². The topological polar surface area (TPSA) is 21.3 Å². The smallest absolute Gasteiger partial charge is 0.191 e. The Hall–Kier alpha value is -1.46. The predicted molar refractivity (Wildman–Crippen MR) is 77.6 cm³/mol. The standard InChI is InChI=1S/C15H14BrF2NO/c1-19-8-11-6-13(17)15(14(18)7-11)20-9-10-2-4-12(16)5-3-10/h2-7,19H,8-9H2,1H3. The Morgan fingerprint density at radius 3 is 2.20 bits per heavy atom. The lowest BCUT2D eigenvalue weighted by Crippen LogP contribution is -2.07. The van der Waals surface area contributed by atoms with Crippen molar-refractivity contribution in [2.24, 2.45) is 0 Å². The number of nitrogens with one attached hydrogen (secondary N) is 1. The van der Waals surface area contributed by atoms with E-state index in [0.29, 0.717) is 12.1 Å². The van der Waals surface area contributed by atoms with Crippen molar-refractivity contribution in [2.75, 3.05) is 7.05 Å². The number of rotatable bonds is 5. The molecule has 0 atom stereocenters. The third-order valence-electron chi connectivity index (χ3n) is 2.74. The zero-order valence-corrected chi connectivity index (χ0v) is 12.5. The molecule has 0 aliphatic carbocycles. The summed E-state index contributed by atoms with van der Waals surface area (Å²) in [5, 5.41) is 2.84. The highest BCUT2D eigenvalue weighted by molar-refractivity contribution is 9.10. The van der Waals surface area contributed by atoms with E-state index in [9.17, 15) is 8.78 Å². The van der Waals surface area contributed by atoms with E-state index < -0.39 is 11.6 Å². The summed E-state index contributed by atoms with van der Waals surface area (Å²) in [5.74, 6) is -1.72. The van der Waals surface area contributed by atoms with Crippen LogP contribution in [-0.4, -0.2) is 7.05 Å². The van der Waals surface area contributed by atoms with Crippen LogP contribution in [0.25, 0.3) is 0 Å². The molecule has 0 saturated heterocycles. The maximum atomic E-state index is 13.8. The minimum Gasteiger partial charge on any atom is -0.483 e. The van der Waals surface area contributed by atoms with Crippen molar-refractivity contribution in [3.8, 4) is 5.75 Å². The molecule has 2 nitrogen and oxygen atoms in total. The van der Waals surface area contributed by atoms with E-state index >= 15 is 0 Å². The average molecular weight is 342 g/mol. The molecule has 2 rings (SSSR count). The van der Waals surface area contributed by atoms with Crippen molar-refractivity contribution in [3.05, 3.63) is 63.6 Å². The van der Waals surface area contributed by atoms with Crippen molar-refractivity contribution >= 4 is 15.9 Å². The molecule has 0 aromatic heterocycles. The first-order chi connectivity index (χ1) is 9.60. The molecule has 5 heteroatoms. The average Bonchev–Trinajstić information content (AvgIpc) is 2.40. The van der Waals surface area contributed by atoms with Crippen LogP contribution in [0.4, 0.5) is 8.78 Å². The van der Waals surface area contributed by atoms with Crippen LogP contribution in [0, 0.1) is 11.6 Å². The van der Waals surface area contributed by atoms with E-state index in [1.807, 2.05) is 24.3 Å². The van der Waals surface area contributed by atoms with Crippen LogP contribution in [0.5, 0.6) is 5.75 Å². The molecular weight excluding hydrogens is 328 g/mol. The van der Waals surface area contributed by atoms with Crippen LogP contribution in [0.1, 0.15) is 11.1 Å². The molecule has 20 heavy (non-hydrogen) atoms. The molecule has 0 spiro atoms. The second-order valence-electron chi connectivity index (χ2n) is 4.33. The highest BCUT2D eigenvalue weighted by Crippen LogP contribution is 2.24. The van der Waals surface area contributed by atoms with Gasteiger partial charge in [-0.25, -0.2) is 8.78 Å². The number of hydrogen-bond acceptors (Lipinski definition) is 2. The fourth-order valence-corrected chi connectivity index (χ4v) is 2.06. The number of halogens is 3. The first kappa shape index (κ1) is 14.9. The molecular formula is C15H14BrF2NO. The molecule has 0 aliphatic heterocycles. The van der Waals surface area contributed by atoms with Gasteiger partial charge in [0.2, 0.25) is 0 Å². The van der Waals surface area contributed by atoms with Gasteiger partial charge in [-0.1, -0.05) is 28.1 Å². The highest BCUT2D eigenvalue weighted by Gasteiger charge is 2.12. The van der Waals surface area contributed by atoms with Gasteiger partial charge >= 0.3 is 0 Å². The largest absolute Gasteiger partial charge is 0.483 e.